The summed E-state index contributed by atoms with van der Waals surface area (Å²) in [5.74, 6) is 3.63. The van der Waals surface area contributed by atoms with Gasteiger partial charge in [0.25, 0.3) is 0 Å². The zero-order valence-corrected chi connectivity index (χ0v) is 11.5. The van der Waals surface area contributed by atoms with Crippen molar-refractivity contribution in [2.75, 3.05) is 0 Å². The highest BCUT2D eigenvalue weighted by atomic mass is 32.1. The van der Waals surface area contributed by atoms with Crippen LogP contribution >= 0.6 is 11.3 Å². The van der Waals surface area contributed by atoms with Crippen molar-refractivity contribution in [2.24, 2.45) is 5.92 Å². The highest BCUT2D eigenvalue weighted by molar-refractivity contribution is 7.09. The molecule has 2 aromatic rings. The molecular formula is C14H18N2OS. The topological polar surface area (TPSA) is 38.1 Å². The van der Waals surface area contributed by atoms with Crippen molar-refractivity contribution in [1.29, 1.82) is 0 Å². The number of furan rings is 1. The lowest BCUT2D eigenvalue weighted by Gasteiger charge is -2.09. The van der Waals surface area contributed by atoms with Gasteiger partial charge in [0, 0.05) is 17.5 Å². The van der Waals surface area contributed by atoms with Crippen molar-refractivity contribution in [1.82, 2.24) is 10.3 Å². The van der Waals surface area contributed by atoms with Gasteiger partial charge in [-0.05, 0) is 31.4 Å². The third-order valence-electron chi connectivity index (χ3n) is 3.56. The molecule has 18 heavy (non-hydrogen) atoms. The summed E-state index contributed by atoms with van der Waals surface area (Å²) in [6.45, 7) is 5.17. The Morgan fingerprint density at radius 3 is 3.06 bits per heavy atom. The molecule has 0 saturated heterocycles. The van der Waals surface area contributed by atoms with Crippen LogP contribution in [-0.4, -0.2) is 4.98 Å². The Morgan fingerprint density at radius 1 is 1.56 bits per heavy atom. The minimum Gasteiger partial charge on any atom is -0.464 e. The van der Waals surface area contributed by atoms with Gasteiger partial charge < -0.3 is 9.73 Å². The van der Waals surface area contributed by atoms with Gasteiger partial charge in [0.1, 0.15) is 16.5 Å². The molecule has 3 rings (SSSR count). The molecule has 3 atom stereocenters. The lowest BCUT2D eigenvalue weighted by atomic mass is 10.3. The summed E-state index contributed by atoms with van der Waals surface area (Å²) in [5, 5.41) is 6.57. The van der Waals surface area contributed by atoms with Crippen LogP contribution in [0.5, 0.6) is 0 Å². The summed E-state index contributed by atoms with van der Waals surface area (Å²) < 4.78 is 5.87. The van der Waals surface area contributed by atoms with E-state index in [1.807, 2.05) is 11.6 Å². The molecule has 0 bridgehead atoms. The van der Waals surface area contributed by atoms with E-state index in [2.05, 4.69) is 36.3 Å². The van der Waals surface area contributed by atoms with Crippen LogP contribution < -0.4 is 5.32 Å². The Balaban J connectivity index is 1.55. The SMILES string of the molecule is CC(NCc1ccc(C2CC2C)o1)c1nccs1. The van der Waals surface area contributed by atoms with E-state index >= 15 is 0 Å². The third kappa shape index (κ3) is 2.49. The standard InChI is InChI=1S/C14H18N2OS/c1-9-7-12(9)13-4-3-11(17-13)8-16-10(2)14-15-5-6-18-14/h3-6,9-10,12,16H,7-8H2,1-2H3. The molecule has 1 saturated carbocycles. The van der Waals surface area contributed by atoms with Gasteiger partial charge >= 0.3 is 0 Å². The van der Waals surface area contributed by atoms with Crippen LogP contribution in [0.4, 0.5) is 0 Å². The Morgan fingerprint density at radius 2 is 2.39 bits per heavy atom. The second-order valence-corrected chi connectivity index (χ2v) is 6.02. The summed E-state index contributed by atoms with van der Waals surface area (Å²) in [6, 6.07) is 4.49. The molecule has 1 aliphatic carbocycles. The van der Waals surface area contributed by atoms with Gasteiger partial charge in [0.15, 0.2) is 0 Å². The highest BCUT2D eigenvalue weighted by Crippen LogP contribution is 2.47. The monoisotopic (exact) mass is 262 g/mol. The molecule has 0 radical (unpaired) electrons. The number of aromatic nitrogens is 1. The van der Waals surface area contributed by atoms with E-state index in [0.717, 1.165) is 29.0 Å². The van der Waals surface area contributed by atoms with Crippen LogP contribution in [-0.2, 0) is 6.54 Å². The molecular weight excluding hydrogens is 244 g/mol. The van der Waals surface area contributed by atoms with Gasteiger partial charge in [-0.1, -0.05) is 6.92 Å². The first-order chi connectivity index (χ1) is 8.74. The van der Waals surface area contributed by atoms with Gasteiger partial charge in [-0.25, -0.2) is 4.98 Å². The van der Waals surface area contributed by atoms with E-state index in [9.17, 15) is 0 Å². The van der Waals surface area contributed by atoms with Crippen LogP contribution in [0.15, 0.2) is 28.1 Å². The summed E-state index contributed by atoms with van der Waals surface area (Å²) >= 11 is 1.68. The Labute approximate surface area is 111 Å². The fourth-order valence-electron chi connectivity index (χ4n) is 2.20. The van der Waals surface area contributed by atoms with Crippen LogP contribution in [0.1, 0.15) is 48.8 Å². The fraction of sp³-hybridized carbons (Fsp3) is 0.500. The number of nitrogens with zero attached hydrogens (tertiary/aromatic N) is 1. The van der Waals surface area contributed by atoms with Crippen molar-refractivity contribution in [3.05, 3.63) is 40.2 Å². The van der Waals surface area contributed by atoms with Crippen LogP contribution in [0.2, 0.25) is 0 Å². The lowest BCUT2D eigenvalue weighted by molar-refractivity contribution is 0.430. The molecule has 2 heterocycles. The largest absolute Gasteiger partial charge is 0.464 e. The summed E-state index contributed by atoms with van der Waals surface area (Å²) in [7, 11) is 0. The molecule has 0 aliphatic heterocycles. The fourth-order valence-corrected chi connectivity index (χ4v) is 2.87. The van der Waals surface area contributed by atoms with E-state index in [1.54, 1.807) is 11.3 Å². The summed E-state index contributed by atoms with van der Waals surface area (Å²) in [5.41, 5.74) is 0. The minimum absolute atomic E-state index is 0.276. The van der Waals surface area contributed by atoms with E-state index in [0.29, 0.717) is 5.92 Å². The van der Waals surface area contributed by atoms with Crippen molar-refractivity contribution < 1.29 is 4.42 Å². The molecule has 1 fully saturated rings. The number of rotatable bonds is 5. The van der Waals surface area contributed by atoms with Gasteiger partial charge in [0.05, 0.1) is 12.6 Å². The number of thiazole rings is 1. The predicted molar refractivity (Wildman–Crippen MR) is 72.6 cm³/mol. The number of hydrogen-bond acceptors (Lipinski definition) is 4. The molecule has 96 valence electrons. The molecule has 0 spiro atoms. The van der Waals surface area contributed by atoms with Gasteiger partial charge in [-0.2, -0.15) is 0 Å². The van der Waals surface area contributed by atoms with Crippen LogP contribution in [0.25, 0.3) is 0 Å². The van der Waals surface area contributed by atoms with E-state index in [1.165, 1.54) is 6.42 Å². The zero-order valence-electron chi connectivity index (χ0n) is 10.7. The minimum atomic E-state index is 0.276. The maximum atomic E-state index is 5.87. The zero-order chi connectivity index (χ0) is 12.5. The van der Waals surface area contributed by atoms with Crippen molar-refractivity contribution in [3.63, 3.8) is 0 Å². The van der Waals surface area contributed by atoms with E-state index < -0.39 is 0 Å². The Kier molecular flexibility index (Phi) is 3.22. The number of hydrogen-bond donors (Lipinski definition) is 1. The summed E-state index contributed by atoms with van der Waals surface area (Å²) in [4.78, 5) is 4.31. The first-order valence-electron chi connectivity index (χ1n) is 6.45. The third-order valence-corrected chi connectivity index (χ3v) is 4.52. The molecule has 4 heteroatoms. The van der Waals surface area contributed by atoms with Gasteiger partial charge in [-0.15, -0.1) is 11.3 Å². The maximum Gasteiger partial charge on any atom is 0.117 e. The van der Waals surface area contributed by atoms with Gasteiger partial charge in [-0.3, -0.25) is 0 Å². The van der Waals surface area contributed by atoms with E-state index in [-0.39, 0.29) is 6.04 Å². The predicted octanol–water partition coefficient (Wildman–Crippen LogP) is 3.71. The Hall–Kier alpha value is -1.13. The van der Waals surface area contributed by atoms with Crippen molar-refractivity contribution >= 4 is 11.3 Å². The number of nitrogens with one attached hydrogen (secondary N) is 1. The van der Waals surface area contributed by atoms with Crippen LogP contribution in [0.3, 0.4) is 0 Å². The van der Waals surface area contributed by atoms with Crippen LogP contribution in [0, 0.1) is 5.92 Å². The average Bonchev–Trinajstić information content (AvgIpc) is 2.87. The highest BCUT2D eigenvalue weighted by Gasteiger charge is 2.36. The first-order valence-corrected chi connectivity index (χ1v) is 7.33. The quantitative estimate of drug-likeness (QED) is 0.892. The molecule has 1 aliphatic rings. The molecule has 0 amide bonds. The molecule has 3 unspecified atom stereocenters. The smallest absolute Gasteiger partial charge is 0.117 e. The second-order valence-electron chi connectivity index (χ2n) is 5.10. The average molecular weight is 262 g/mol. The molecule has 1 N–H and O–H groups in total. The molecule has 3 nitrogen and oxygen atoms in total. The Bertz CT molecular complexity index is 506. The summed E-state index contributed by atoms with van der Waals surface area (Å²) in [6.07, 6.45) is 3.12. The second kappa shape index (κ2) is 4.86. The van der Waals surface area contributed by atoms with Gasteiger partial charge in [0.2, 0.25) is 0 Å². The maximum absolute atomic E-state index is 5.87. The molecule has 0 aromatic carbocycles. The van der Waals surface area contributed by atoms with E-state index in [4.69, 9.17) is 4.42 Å². The molecule has 2 aromatic heterocycles. The lowest BCUT2D eigenvalue weighted by Crippen LogP contribution is -2.17. The normalized spacial score (nSPS) is 24.1. The van der Waals surface area contributed by atoms with Crippen molar-refractivity contribution in [2.45, 2.75) is 38.8 Å². The van der Waals surface area contributed by atoms with Crippen molar-refractivity contribution in [3.8, 4) is 0 Å². The first kappa shape index (κ1) is 11.9.